The lowest BCUT2D eigenvalue weighted by atomic mass is 10.2. The Balaban J connectivity index is 2.26. The van der Waals surface area contributed by atoms with Gasteiger partial charge in [0.15, 0.2) is 0 Å². The maximum absolute atomic E-state index is 13.5. The monoisotopic (exact) mass is 266 g/mol. The Bertz CT molecular complexity index is 567. The average molecular weight is 267 g/mol. The molecule has 0 unspecified atom stereocenters. The Morgan fingerprint density at radius 2 is 2.11 bits per heavy atom. The van der Waals surface area contributed by atoms with Gasteiger partial charge in [-0.25, -0.2) is 14.2 Å². The molecule has 0 radical (unpaired) electrons. The number of carboxylic acids is 1. The molecule has 1 heterocycles. The number of halogens is 2. The Kier molecular flexibility index (Phi) is 3.43. The van der Waals surface area contributed by atoms with Gasteiger partial charge < -0.3 is 10.4 Å². The molecule has 2 aromatic rings. The van der Waals surface area contributed by atoms with E-state index in [-0.39, 0.29) is 16.4 Å². The van der Waals surface area contributed by atoms with Crippen LogP contribution in [0.25, 0.3) is 0 Å². The lowest BCUT2D eigenvalue weighted by Gasteiger charge is -2.09. The Morgan fingerprint density at radius 3 is 2.67 bits per heavy atom. The van der Waals surface area contributed by atoms with Crippen LogP contribution in [0.4, 0.5) is 15.8 Å². The van der Waals surface area contributed by atoms with Gasteiger partial charge in [0.1, 0.15) is 11.5 Å². The van der Waals surface area contributed by atoms with Crippen LogP contribution in [0.15, 0.2) is 36.5 Å². The summed E-state index contributed by atoms with van der Waals surface area (Å²) in [6, 6.07) is 7.12. The number of para-hydroxylation sites is 1. The van der Waals surface area contributed by atoms with Crippen LogP contribution in [-0.2, 0) is 0 Å². The number of nitrogens with one attached hydrogen (secondary N) is 1. The van der Waals surface area contributed by atoms with Crippen molar-refractivity contribution in [3.8, 4) is 0 Å². The van der Waals surface area contributed by atoms with Gasteiger partial charge in [-0.05, 0) is 24.3 Å². The highest BCUT2D eigenvalue weighted by molar-refractivity contribution is 6.33. The largest absolute Gasteiger partial charge is 0.477 e. The molecule has 6 heteroatoms. The van der Waals surface area contributed by atoms with E-state index in [4.69, 9.17) is 16.7 Å². The van der Waals surface area contributed by atoms with E-state index >= 15 is 0 Å². The van der Waals surface area contributed by atoms with Gasteiger partial charge in [-0.15, -0.1) is 0 Å². The first-order valence-electron chi connectivity index (χ1n) is 4.98. The molecule has 2 N–H and O–H groups in total. The molecular weight excluding hydrogens is 259 g/mol. The number of nitrogens with zero attached hydrogens (tertiary/aromatic N) is 1. The Morgan fingerprint density at radius 1 is 1.33 bits per heavy atom. The fourth-order valence-corrected chi connectivity index (χ4v) is 1.57. The van der Waals surface area contributed by atoms with Crippen molar-refractivity contribution >= 4 is 28.9 Å². The molecule has 2 rings (SSSR count). The van der Waals surface area contributed by atoms with Crippen molar-refractivity contribution in [2.75, 3.05) is 5.32 Å². The molecule has 0 fully saturated rings. The van der Waals surface area contributed by atoms with Gasteiger partial charge >= 0.3 is 5.97 Å². The van der Waals surface area contributed by atoms with Crippen molar-refractivity contribution in [1.29, 1.82) is 0 Å². The van der Waals surface area contributed by atoms with E-state index < -0.39 is 11.8 Å². The molecule has 18 heavy (non-hydrogen) atoms. The lowest BCUT2D eigenvalue weighted by molar-refractivity contribution is 0.0690. The lowest BCUT2D eigenvalue weighted by Crippen LogP contribution is -2.01. The first-order valence-corrected chi connectivity index (χ1v) is 5.36. The minimum Gasteiger partial charge on any atom is -0.477 e. The van der Waals surface area contributed by atoms with Gasteiger partial charge in [-0.2, -0.15) is 0 Å². The molecule has 0 aliphatic rings. The number of aromatic carboxylic acids is 1. The van der Waals surface area contributed by atoms with Crippen LogP contribution >= 0.6 is 11.6 Å². The summed E-state index contributed by atoms with van der Waals surface area (Å²) in [5.41, 5.74) is 0.497. The first kappa shape index (κ1) is 12.3. The predicted molar refractivity (Wildman–Crippen MR) is 65.9 cm³/mol. The van der Waals surface area contributed by atoms with Crippen molar-refractivity contribution in [2.24, 2.45) is 0 Å². The third-order valence-corrected chi connectivity index (χ3v) is 2.53. The van der Waals surface area contributed by atoms with Gasteiger partial charge in [-0.1, -0.05) is 17.7 Å². The van der Waals surface area contributed by atoms with Gasteiger partial charge in [0.25, 0.3) is 0 Å². The van der Waals surface area contributed by atoms with E-state index in [2.05, 4.69) is 10.3 Å². The number of hydrogen-bond acceptors (Lipinski definition) is 3. The summed E-state index contributed by atoms with van der Waals surface area (Å²) >= 11 is 5.84. The molecule has 0 bridgehead atoms. The summed E-state index contributed by atoms with van der Waals surface area (Å²) in [5, 5.41) is 11.7. The molecule has 92 valence electrons. The maximum Gasteiger partial charge on any atom is 0.354 e. The molecule has 1 aromatic heterocycles. The number of carbonyl (C=O) groups is 1. The second-order valence-corrected chi connectivity index (χ2v) is 3.87. The van der Waals surface area contributed by atoms with Crippen molar-refractivity contribution in [3.05, 3.63) is 53.1 Å². The summed E-state index contributed by atoms with van der Waals surface area (Å²) in [6.45, 7) is 0. The van der Waals surface area contributed by atoms with Crippen LogP contribution in [0.3, 0.4) is 0 Å². The number of benzene rings is 1. The summed E-state index contributed by atoms with van der Waals surface area (Å²) in [6.07, 6.45) is 1.30. The zero-order valence-electron chi connectivity index (χ0n) is 9.02. The summed E-state index contributed by atoms with van der Waals surface area (Å²) in [5.74, 6) is -1.62. The van der Waals surface area contributed by atoms with Crippen LogP contribution in [0.5, 0.6) is 0 Å². The van der Waals surface area contributed by atoms with E-state index in [1.807, 2.05) is 0 Å². The quantitative estimate of drug-likeness (QED) is 0.895. The first-order chi connectivity index (χ1) is 8.58. The molecule has 1 aromatic carbocycles. The van der Waals surface area contributed by atoms with Crippen LogP contribution in [0.1, 0.15) is 10.5 Å². The van der Waals surface area contributed by atoms with Crippen molar-refractivity contribution in [2.45, 2.75) is 0 Å². The van der Waals surface area contributed by atoms with E-state index in [9.17, 15) is 9.18 Å². The zero-order chi connectivity index (χ0) is 13.1. The maximum atomic E-state index is 13.5. The highest BCUT2D eigenvalue weighted by Crippen LogP contribution is 2.27. The standard InChI is InChI=1S/C12H8ClFN2O2/c13-8-2-1-3-9(14)11(8)16-7-4-5-10(12(17)18)15-6-7/h1-6,16H,(H,17,18). The molecule has 0 amide bonds. The number of pyridine rings is 1. The molecule has 0 saturated heterocycles. The smallest absolute Gasteiger partial charge is 0.354 e. The third kappa shape index (κ3) is 2.57. The number of aromatic nitrogens is 1. The van der Waals surface area contributed by atoms with E-state index in [1.54, 1.807) is 6.07 Å². The van der Waals surface area contributed by atoms with E-state index in [1.165, 1.54) is 30.5 Å². The normalized spacial score (nSPS) is 10.1. The minimum atomic E-state index is -1.12. The second-order valence-electron chi connectivity index (χ2n) is 3.46. The van der Waals surface area contributed by atoms with Crippen molar-refractivity contribution < 1.29 is 14.3 Å². The summed E-state index contributed by atoms with van der Waals surface area (Å²) < 4.78 is 13.5. The number of hydrogen-bond donors (Lipinski definition) is 2. The number of carboxylic acid groups (broad SMARTS) is 1. The van der Waals surface area contributed by atoms with E-state index in [0.29, 0.717) is 5.69 Å². The highest BCUT2D eigenvalue weighted by atomic mass is 35.5. The SMILES string of the molecule is O=C(O)c1ccc(Nc2c(F)cccc2Cl)cn1. The third-order valence-electron chi connectivity index (χ3n) is 2.21. The second kappa shape index (κ2) is 5.01. The molecule has 4 nitrogen and oxygen atoms in total. The van der Waals surface area contributed by atoms with Crippen molar-refractivity contribution in [1.82, 2.24) is 4.98 Å². The predicted octanol–water partition coefficient (Wildman–Crippen LogP) is 3.32. The summed E-state index contributed by atoms with van der Waals surface area (Å²) in [4.78, 5) is 14.3. The van der Waals surface area contributed by atoms with Crippen molar-refractivity contribution in [3.63, 3.8) is 0 Å². The van der Waals surface area contributed by atoms with E-state index in [0.717, 1.165) is 0 Å². The van der Waals surface area contributed by atoms with Gasteiger partial charge in [0, 0.05) is 0 Å². The molecule has 0 atom stereocenters. The van der Waals surface area contributed by atoms with Gasteiger partial charge in [0.05, 0.1) is 22.6 Å². The molecular formula is C12H8ClFN2O2. The zero-order valence-corrected chi connectivity index (χ0v) is 9.78. The fourth-order valence-electron chi connectivity index (χ4n) is 1.36. The minimum absolute atomic E-state index is 0.0832. The van der Waals surface area contributed by atoms with Crippen LogP contribution in [0, 0.1) is 5.82 Å². The highest BCUT2D eigenvalue weighted by Gasteiger charge is 2.08. The molecule has 0 aliphatic carbocycles. The number of rotatable bonds is 3. The van der Waals surface area contributed by atoms with Gasteiger partial charge in [0.2, 0.25) is 0 Å². The molecule has 0 aliphatic heterocycles. The summed E-state index contributed by atoms with van der Waals surface area (Å²) in [7, 11) is 0. The molecule has 0 spiro atoms. The Labute approximate surface area is 107 Å². The Hall–Kier alpha value is -2.14. The number of anilines is 2. The fraction of sp³-hybridized carbons (Fsp3) is 0. The van der Waals surface area contributed by atoms with Crippen LogP contribution in [0.2, 0.25) is 5.02 Å². The van der Waals surface area contributed by atoms with Crippen LogP contribution in [-0.4, -0.2) is 16.1 Å². The topological polar surface area (TPSA) is 62.2 Å². The average Bonchev–Trinajstić information content (AvgIpc) is 2.34. The van der Waals surface area contributed by atoms with Crippen LogP contribution < -0.4 is 5.32 Å². The van der Waals surface area contributed by atoms with Gasteiger partial charge in [-0.3, -0.25) is 0 Å². The molecule has 0 saturated carbocycles.